The van der Waals surface area contributed by atoms with E-state index in [0.717, 1.165) is 5.56 Å². The molecule has 106 valence electrons. The van der Waals surface area contributed by atoms with E-state index in [0.29, 0.717) is 24.9 Å². The number of hydrogen-bond donors (Lipinski definition) is 0. The van der Waals surface area contributed by atoms with Crippen LogP contribution in [0.3, 0.4) is 0 Å². The summed E-state index contributed by atoms with van der Waals surface area (Å²) in [4.78, 5) is 26.2. The highest BCUT2D eigenvalue weighted by Gasteiger charge is 2.56. The first-order valence-electron chi connectivity index (χ1n) is 6.90. The van der Waals surface area contributed by atoms with Crippen molar-refractivity contribution in [2.45, 2.75) is 38.5 Å². The molecule has 1 saturated carbocycles. The van der Waals surface area contributed by atoms with E-state index in [1.807, 2.05) is 19.9 Å². The number of carbonyl (C=O) groups excluding carboxylic acids is 2. The molecule has 20 heavy (non-hydrogen) atoms. The summed E-state index contributed by atoms with van der Waals surface area (Å²) in [7, 11) is 1.61. The van der Waals surface area contributed by atoms with E-state index in [1.165, 1.54) is 11.0 Å². The number of likely N-dealkylation sites (N-methyl/N-ethyl adjacent to an activating group) is 1. The highest BCUT2D eigenvalue weighted by Crippen LogP contribution is 2.53. The van der Waals surface area contributed by atoms with Gasteiger partial charge in [-0.15, -0.1) is 0 Å². The van der Waals surface area contributed by atoms with Crippen molar-refractivity contribution >= 4 is 17.4 Å². The lowest BCUT2D eigenvalue weighted by molar-refractivity contribution is -0.135. The lowest BCUT2D eigenvalue weighted by atomic mass is 9.60. The normalized spacial score (nSPS) is 28.1. The van der Waals surface area contributed by atoms with Gasteiger partial charge in [-0.3, -0.25) is 9.59 Å². The van der Waals surface area contributed by atoms with Crippen LogP contribution in [0.4, 0.5) is 10.1 Å². The van der Waals surface area contributed by atoms with Crippen LogP contribution in [-0.2, 0) is 15.0 Å². The van der Waals surface area contributed by atoms with Crippen LogP contribution in [0.5, 0.6) is 0 Å². The zero-order valence-electron chi connectivity index (χ0n) is 12.0. The van der Waals surface area contributed by atoms with Crippen LogP contribution >= 0.6 is 0 Å². The summed E-state index contributed by atoms with van der Waals surface area (Å²) in [5.74, 6) is -0.272. The molecule has 1 spiro atoms. The molecule has 1 fully saturated rings. The van der Waals surface area contributed by atoms with Crippen LogP contribution < -0.4 is 4.90 Å². The zero-order chi connectivity index (χ0) is 14.7. The Hall–Kier alpha value is -1.71. The molecule has 1 aliphatic carbocycles. The molecule has 3 rings (SSSR count). The second kappa shape index (κ2) is 3.90. The van der Waals surface area contributed by atoms with Crippen molar-refractivity contribution in [3.8, 4) is 0 Å². The molecule has 4 heteroatoms. The van der Waals surface area contributed by atoms with Crippen LogP contribution in [0.15, 0.2) is 18.2 Å². The summed E-state index contributed by atoms with van der Waals surface area (Å²) in [6.45, 7) is 3.75. The number of ketones is 1. The number of Topliss-reactive ketones (excluding diaryl/α,β-unsaturated/α-hetero) is 1. The summed E-state index contributed by atoms with van der Waals surface area (Å²) in [5.41, 5.74) is -0.153. The van der Waals surface area contributed by atoms with Crippen molar-refractivity contribution in [3.63, 3.8) is 0 Å². The molecule has 0 N–H and O–H groups in total. The van der Waals surface area contributed by atoms with Crippen LogP contribution in [0.25, 0.3) is 0 Å². The third-order valence-electron chi connectivity index (χ3n) is 4.83. The van der Waals surface area contributed by atoms with Crippen LogP contribution in [0.1, 0.15) is 38.7 Å². The first-order chi connectivity index (χ1) is 9.29. The SMILES string of the molecule is CN1C(=O)C2(CCC(=O)C(C)(C)C2)c2cccc(F)c21. The van der Waals surface area contributed by atoms with Gasteiger partial charge in [0.05, 0.1) is 11.1 Å². The highest BCUT2D eigenvalue weighted by molar-refractivity contribution is 6.09. The number of para-hydroxylation sites is 1. The number of benzene rings is 1. The first-order valence-corrected chi connectivity index (χ1v) is 6.90. The molecule has 1 aromatic carbocycles. The van der Waals surface area contributed by atoms with E-state index in [4.69, 9.17) is 0 Å². The maximum absolute atomic E-state index is 14.1. The van der Waals surface area contributed by atoms with Gasteiger partial charge in [0, 0.05) is 18.9 Å². The molecule has 3 nitrogen and oxygen atoms in total. The van der Waals surface area contributed by atoms with Crippen LogP contribution in [0.2, 0.25) is 0 Å². The highest BCUT2D eigenvalue weighted by atomic mass is 19.1. The molecule has 1 atom stereocenters. The number of fused-ring (bicyclic) bond motifs is 2. The fraction of sp³-hybridized carbons (Fsp3) is 0.500. The topological polar surface area (TPSA) is 37.4 Å². The molecule has 1 heterocycles. The van der Waals surface area contributed by atoms with Gasteiger partial charge >= 0.3 is 0 Å². The van der Waals surface area contributed by atoms with Gasteiger partial charge in [-0.05, 0) is 24.5 Å². The van der Waals surface area contributed by atoms with E-state index in [9.17, 15) is 14.0 Å². The van der Waals surface area contributed by atoms with Crippen LogP contribution in [0, 0.1) is 11.2 Å². The maximum Gasteiger partial charge on any atom is 0.237 e. The summed E-state index contributed by atoms with van der Waals surface area (Å²) < 4.78 is 14.1. The Balaban J connectivity index is 2.19. The molecule has 1 unspecified atom stereocenters. The van der Waals surface area contributed by atoms with Crippen LogP contribution in [-0.4, -0.2) is 18.7 Å². The molecule has 0 bridgehead atoms. The molecular formula is C16H18FNO2. The Kier molecular flexibility index (Phi) is 2.59. The predicted octanol–water partition coefficient (Wildman–Crippen LogP) is 2.82. The number of carbonyl (C=O) groups is 2. The fourth-order valence-corrected chi connectivity index (χ4v) is 3.80. The maximum atomic E-state index is 14.1. The van der Waals surface area contributed by atoms with Crippen molar-refractivity contribution in [1.29, 1.82) is 0 Å². The second-order valence-corrected chi connectivity index (χ2v) is 6.57. The van der Waals surface area contributed by atoms with Crippen molar-refractivity contribution in [2.24, 2.45) is 5.41 Å². The van der Waals surface area contributed by atoms with Gasteiger partial charge in [0.15, 0.2) is 0 Å². The smallest absolute Gasteiger partial charge is 0.237 e. The van der Waals surface area contributed by atoms with E-state index >= 15 is 0 Å². The van der Waals surface area contributed by atoms with E-state index in [2.05, 4.69) is 0 Å². The van der Waals surface area contributed by atoms with Crippen molar-refractivity contribution in [1.82, 2.24) is 0 Å². The second-order valence-electron chi connectivity index (χ2n) is 6.57. The van der Waals surface area contributed by atoms with Crippen molar-refractivity contribution in [2.75, 3.05) is 11.9 Å². The molecule has 2 aliphatic rings. The standard InChI is InChI=1S/C16H18FNO2/c1-15(2)9-16(8-7-12(15)19)10-5-4-6-11(17)13(10)18(3)14(16)20/h4-6H,7-9H2,1-3H3. The number of halogens is 1. The molecule has 0 saturated heterocycles. The summed E-state index contributed by atoms with van der Waals surface area (Å²) in [6, 6.07) is 4.85. The average Bonchev–Trinajstić information content (AvgIpc) is 2.58. The largest absolute Gasteiger partial charge is 0.312 e. The summed E-state index contributed by atoms with van der Waals surface area (Å²) >= 11 is 0. The van der Waals surface area contributed by atoms with Gasteiger partial charge in [0.25, 0.3) is 0 Å². The zero-order valence-corrected chi connectivity index (χ0v) is 12.0. The lowest BCUT2D eigenvalue weighted by Gasteiger charge is -2.40. The average molecular weight is 275 g/mol. The molecule has 0 aromatic heterocycles. The van der Waals surface area contributed by atoms with Crippen molar-refractivity contribution < 1.29 is 14.0 Å². The monoisotopic (exact) mass is 275 g/mol. The van der Waals surface area contributed by atoms with Crippen molar-refractivity contribution in [3.05, 3.63) is 29.6 Å². The molecular weight excluding hydrogens is 257 g/mol. The van der Waals surface area contributed by atoms with Gasteiger partial charge < -0.3 is 4.90 Å². The Bertz CT molecular complexity index is 623. The van der Waals surface area contributed by atoms with E-state index < -0.39 is 10.8 Å². The number of amides is 1. The number of anilines is 1. The first kappa shape index (κ1) is 13.3. The molecule has 1 aromatic rings. The predicted molar refractivity (Wildman–Crippen MR) is 74.1 cm³/mol. The van der Waals surface area contributed by atoms with E-state index in [1.54, 1.807) is 13.1 Å². The fourth-order valence-electron chi connectivity index (χ4n) is 3.80. The lowest BCUT2D eigenvalue weighted by Crippen LogP contribution is -2.47. The Morgan fingerprint density at radius 3 is 2.60 bits per heavy atom. The van der Waals surface area contributed by atoms with Gasteiger partial charge in [-0.25, -0.2) is 4.39 Å². The van der Waals surface area contributed by atoms with Gasteiger partial charge in [-0.2, -0.15) is 0 Å². The number of rotatable bonds is 0. The third kappa shape index (κ3) is 1.51. The minimum Gasteiger partial charge on any atom is -0.312 e. The summed E-state index contributed by atoms with van der Waals surface area (Å²) in [5, 5.41) is 0. The summed E-state index contributed by atoms with van der Waals surface area (Å²) in [6.07, 6.45) is 1.32. The van der Waals surface area contributed by atoms with Gasteiger partial charge in [-0.1, -0.05) is 26.0 Å². The number of nitrogens with zero attached hydrogens (tertiary/aromatic N) is 1. The Morgan fingerprint density at radius 1 is 1.25 bits per heavy atom. The minimum absolute atomic E-state index is 0.0850. The number of hydrogen-bond acceptors (Lipinski definition) is 2. The van der Waals surface area contributed by atoms with E-state index in [-0.39, 0.29) is 17.5 Å². The Labute approximate surface area is 117 Å². The molecule has 0 radical (unpaired) electrons. The third-order valence-corrected chi connectivity index (χ3v) is 4.83. The van der Waals surface area contributed by atoms with Gasteiger partial charge in [0.1, 0.15) is 11.6 Å². The Morgan fingerprint density at radius 2 is 1.95 bits per heavy atom. The molecule has 1 amide bonds. The minimum atomic E-state index is -0.733. The van der Waals surface area contributed by atoms with Gasteiger partial charge in [0.2, 0.25) is 5.91 Å². The quantitative estimate of drug-likeness (QED) is 0.730. The molecule has 1 aliphatic heterocycles.